The van der Waals surface area contributed by atoms with Gasteiger partial charge in [-0.05, 0) is 293 Å². The maximum atomic E-state index is 13.9. The Morgan fingerprint density at radius 3 is 0.517 bits per heavy atom. The Morgan fingerprint density at radius 1 is 0.207 bits per heavy atom. The third-order valence-corrected chi connectivity index (χ3v) is 18.6. The van der Waals surface area contributed by atoms with Crippen molar-refractivity contribution < 1.29 is 57.2 Å². The molecule has 24 nitrogen and oxygen atoms in total. The molecule has 0 aromatic carbocycles. The molecule has 0 fully saturated rings. The van der Waals surface area contributed by atoms with Gasteiger partial charge in [-0.25, -0.2) is 28.8 Å². The number of unbranched alkanes of at least 4 members (excludes halogenated alkanes) is 9. The van der Waals surface area contributed by atoms with Crippen LogP contribution < -0.4 is 10.6 Å². The summed E-state index contributed by atoms with van der Waals surface area (Å²) in [6.45, 7) is 66.6. The van der Waals surface area contributed by atoms with Gasteiger partial charge >= 0.3 is 36.6 Å². The molecule has 0 atom stereocenters. The highest BCUT2D eigenvalue weighted by molar-refractivity contribution is 5.70. The maximum Gasteiger partial charge on any atom is 0.410 e. The van der Waals surface area contributed by atoms with E-state index in [9.17, 15) is 28.8 Å². The lowest BCUT2D eigenvalue weighted by molar-refractivity contribution is 0.0203. The van der Waals surface area contributed by atoms with Crippen LogP contribution >= 0.6 is 0 Å². The van der Waals surface area contributed by atoms with Crippen molar-refractivity contribution in [2.24, 2.45) is 0 Å². The lowest BCUT2D eigenvalue weighted by Gasteiger charge is -2.30. The van der Waals surface area contributed by atoms with Crippen LogP contribution in [0.4, 0.5) is 28.8 Å². The summed E-state index contributed by atoms with van der Waals surface area (Å²) < 4.78 is 35.4. The lowest BCUT2D eigenvalue weighted by atomic mass is 10.2. The summed E-state index contributed by atoms with van der Waals surface area (Å²) in [5.74, 6) is 14.0. The van der Waals surface area contributed by atoms with E-state index in [1.54, 1.807) is 0 Å². The summed E-state index contributed by atoms with van der Waals surface area (Å²) in [7, 11) is 0. The van der Waals surface area contributed by atoms with E-state index >= 15 is 0 Å². The Bertz CT molecular complexity index is 2520. The summed E-state index contributed by atoms with van der Waals surface area (Å²) in [5.41, 5.74) is -3.79. The highest BCUT2D eigenvalue weighted by Crippen LogP contribution is 2.20. The van der Waals surface area contributed by atoms with Gasteiger partial charge in [0.05, 0.1) is 26.2 Å². The van der Waals surface area contributed by atoms with Crippen LogP contribution in [0.1, 0.15) is 320 Å². The van der Waals surface area contributed by atoms with E-state index in [1.165, 1.54) is 0 Å². The molecule has 0 saturated heterocycles. The summed E-state index contributed by atoms with van der Waals surface area (Å²) in [6.07, 6.45) is 19.9. The predicted molar refractivity (Wildman–Crippen MR) is 479 cm³/mol. The number of rotatable bonds is 61. The summed E-state index contributed by atoms with van der Waals surface area (Å²) in [6, 6.07) is 0. The average Bonchev–Trinajstić information content (AvgIpc) is 0.911. The van der Waals surface area contributed by atoms with Gasteiger partial charge in [0.1, 0.15) is 33.6 Å². The first-order chi connectivity index (χ1) is 54.6. The molecule has 0 bridgehead atoms. The third-order valence-electron chi connectivity index (χ3n) is 18.6. The molecule has 6 amide bonds. The Labute approximate surface area is 710 Å². The summed E-state index contributed by atoms with van der Waals surface area (Å²) in [5, 5.41) is 6.96. The fourth-order valence-corrected chi connectivity index (χ4v) is 12.4. The SMILES string of the molecule is CCCCNCCCN(CCCCN(CCCN(CC#CCN(CCCC)CCCN(CCCCN(CCCN(CC#CCN(CCCC)CCCN(CCCCN(CCCNCCCC)C(=O)OC(C)(C)C)C(=O)OC(C)(C)C)CCCC)C(=O)OC(C)(C)C)C(=O)OC(C)(C)C)CCCC)C(=O)OC(C)(C)C)C(=O)OC(C)(C)C. The van der Waals surface area contributed by atoms with Crippen molar-refractivity contribution in [1.82, 2.24) is 59.6 Å². The van der Waals surface area contributed by atoms with E-state index in [2.05, 4.69) is 95.5 Å². The number of hydrogen-bond acceptors (Lipinski definition) is 18. The van der Waals surface area contributed by atoms with Crippen molar-refractivity contribution in [3.05, 3.63) is 0 Å². The Hall–Kier alpha value is -5.50. The van der Waals surface area contributed by atoms with Gasteiger partial charge in [0.15, 0.2) is 0 Å². The van der Waals surface area contributed by atoms with E-state index in [0.29, 0.717) is 118 Å². The van der Waals surface area contributed by atoms with Crippen LogP contribution in [-0.2, 0) is 28.4 Å². The summed E-state index contributed by atoms with van der Waals surface area (Å²) in [4.78, 5) is 102. The largest absolute Gasteiger partial charge is 0.444 e. The second-order valence-electron chi connectivity index (χ2n) is 37.5. The molecule has 0 aliphatic rings. The first kappa shape index (κ1) is 110. The average molecular weight is 1640 g/mol. The Balaban J connectivity index is 6.15. The lowest BCUT2D eigenvalue weighted by Crippen LogP contribution is -2.40. The first-order valence-corrected chi connectivity index (χ1v) is 45.7. The minimum atomic E-state index is -0.668. The Morgan fingerprint density at radius 2 is 0.353 bits per heavy atom. The van der Waals surface area contributed by atoms with Crippen molar-refractivity contribution in [3.63, 3.8) is 0 Å². The molecule has 678 valence electrons. The number of ether oxygens (including phenoxy) is 6. The van der Waals surface area contributed by atoms with Gasteiger partial charge in [-0.15, -0.1) is 0 Å². The molecule has 0 aliphatic heterocycles. The number of nitrogens with one attached hydrogen (secondary N) is 2. The highest BCUT2D eigenvalue weighted by atomic mass is 16.6. The molecule has 2 N–H and O–H groups in total. The minimum Gasteiger partial charge on any atom is -0.444 e. The van der Waals surface area contributed by atoms with Crippen LogP contribution in [0.2, 0.25) is 0 Å². The smallest absolute Gasteiger partial charge is 0.410 e. The predicted octanol–water partition coefficient (Wildman–Crippen LogP) is 18.3. The van der Waals surface area contributed by atoms with Gasteiger partial charge in [0.2, 0.25) is 0 Å². The molecule has 0 saturated carbocycles. The standard InChI is InChI=1S/C92H178N12O12/c1-25-31-53-93-55-47-75-99(81(105)111-87(7,8)9)69-41-43-71-101(83(107)113-89(13,14)15)77-49-65-95(57-33-27-3)61-37-39-63-97(59-35-29-5)67-51-79-103(85(109)115-91(19,20)21)73-45-46-74-104(86(110)116-92(22,23)24)80-52-68-98(60-36-30-6)64-40-38-62-96(58-34-28-4)66-50-78-102(84(108)114-90(16,17)18)72-44-42-70-100(82(106)112-88(10,11)12)76-48-56-94-54-32-26-2/h93-94H,25-36,41-80H2,1-24H3. The topological polar surface area (TPSA) is 214 Å². The van der Waals surface area contributed by atoms with E-state index in [-0.39, 0.29) is 36.6 Å². The quantitative estimate of drug-likeness (QED) is 0.0329. The second kappa shape index (κ2) is 63.5. The van der Waals surface area contributed by atoms with Crippen LogP contribution in [0.3, 0.4) is 0 Å². The maximum absolute atomic E-state index is 13.9. The van der Waals surface area contributed by atoms with Crippen LogP contribution in [0.5, 0.6) is 0 Å². The van der Waals surface area contributed by atoms with Crippen LogP contribution in [-0.4, -0.2) is 302 Å². The van der Waals surface area contributed by atoms with E-state index in [0.717, 1.165) is 220 Å². The van der Waals surface area contributed by atoms with Gasteiger partial charge in [-0.2, -0.15) is 0 Å². The van der Waals surface area contributed by atoms with Gasteiger partial charge in [0, 0.05) is 105 Å². The number of amides is 6. The number of carbonyl (C=O) groups excluding carboxylic acids is 6. The molecule has 0 aromatic rings. The zero-order valence-electron chi connectivity index (χ0n) is 79.1. The van der Waals surface area contributed by atoms with Crippen molar-refractivity contribution in [2.45, 2.75) is 354 Å². The molecular formula is C92H178N12O12. The minimum absolute atomic E-state index is 0.303. The first-order valence-electron chi connectivity index (χ1n) is 45.7. The van der Waals surface area contributed by atoms with E-state index in [1.807, 2.05) is 154 Å². The van der Waals surface area contributed by atoms with Crippen molar-refractivity contribution in [2.75, 3.05) is 183 Å². The van der Waals surface area contributed by atoms with Crippen molar-refractivity contribution in [1.29, 1.82) is 0 Å². The highest BCUT2D eigenvalue weighted by Gasteiger charge is 2.29. The van der Waals surface area contributed by atoms with Gasteiger partial charge in [-0.1, -0.05) is 104 Å². The molecule has 24 heteroatoms. The zero-order valence-corrected chi connectivity index (χ0v) is 79.1. The monoisotopic (exact) mass is 1640 g/mol. The molecular weight excluding hydrogens is 1470 g/mol. The molecule has 0 rings (SSSR count). The van der Waals surface area contributed by atoms with Gasteiger partial charge in [0.25, 0.3) is 0 Å². The third kappa shape index (κ3) is 64.4. The molecule has 0 heterocycles. The van der Waals surface area contributed by atoms with Crippen LogP contribution in [0, 0.1) is 23.7 Å². The number of hydrogen-bond donors (Lipinski definition) is 2. The molecule has 116 heavy (non-hydrogen) atoms. The fourth-order valence-electron chi connectivity index (χ4n) is 12.4. The molecule has 0 aliphatic carbocycles. The van der Waals surface area contributed by atoms with Crippen molar-refractivity contribution in [3.8, 4) is 23.7 Å². The molecule has 0 spiro atoms. The summed E-state index contributed by atoms with van der Waals surface area (Å²) >= 11 is 0. The van der Waals surface area contributed by atoms with Crippen molar-refractivity contribution >= 4 is 36.6 Å². The van der Waals surface area contributed by atoms with E-state index in [4.69, 9.17) is 28.4 Å². The fraction of sp³-hybridized carbons (Fsp3) is 0.891. The number of nitrogens with zero attached hydrogens (tertiary/aromatic N) is 10. The van der Waals surface area contributed by atoms with Crippen LogP contribution in [0.25, 0.3) is 0 Å². The van der Waals surface area contributed by atoms with Gasteiger partial charge in [-0.3, -0.25) is 19.6 Å². The van der Waals surface area contributed by atoms with Crippen LogP contribution in [0.15, 0.2) is 0 Å². The second-order valence-corrected chi connectivity index (χ2v) is 37.5. The molecule has 0 aromatic heterocycles. The Kier molecular flexibility index (Phi) is 60.5. The number of carbonyl (C=O) groups is 6. The zero-order chi connectivity index (χ0) is 87.5. The molecule has 0 radical (unpaired) electrons. The molecule has 0 unspecified atom stereocenters. The van der Waals surface area contributed by atoms with Gasteiger partial charge < -0.3 is 68.5 Å². The normalized spacial score (nSPS) is 12.1. The van der Waals surface area contributed by atoms with E-state index < -0.39 is 33.6 Å².